The molecule has 1 aromatic heterocycles. The van der Waals surface area contributed by atoms with E-state index in [1.165, 1.54) is 0 Å². The number of carboxylic acid groups (broad SMARTS) is 1. The van der Waals surface area contributed by atoms with Gasteiger partial charge in [0.25, 0.3) is 0 Å². The maximum atomic E-state index is 12.1. The lowest BCUT2D eigenvalue weighted by molar-refractivity contribution is -0.141. The fraction of sp³-hybridized carbons (Fsp3) is 0.700. The molecule has 1 aliphatic rings. The molecule has 0 spiro atoms. The summed E-state index contributed by atoms with van der Waals surface area (Å²) in [5.41, 5.74) is 0. The van der Waals surface area contributed by atoms with E-state index < -0.39 is 30.3 Å². The average Bonchev–Trinajstić information content (AvgIpc) is 2.81. The molecule has 1 aliphatic carbocycles. The first-order chi connectivity index (χ1) is 8.35. The Morgan fingerprint density at radius 3 is 2.72 bits per heavy atom. The predicted molar refractivity (Wildman–Crippen MR) is 51.8 cm³/mol. The zero-order valence-corrected chi connectivity index (χ0v) is 9.28. The van der Waals surface area contributed by atoms with Crippen LogP contribution in [0.15, 0.2) is 4.52 Å². The molecule has 2 atom stereocenters. The smallest absolute Gasteiger partial charge is 0.396 e. The van der Waals surface area contributed by atoms with E-state index in [9.17, 15) is 18.0 Å². The van der Waals surface area contributed by atoms with Crippen molar-refractivity contribution in [3.63, 3.8) is 0 Å². The first kappa shape index (κ1) is 12.8. The number of rotatable bonds is 3. The van der Waals surface area contributed by atoms with E-state index in [0.29, 0.717) is 19.3 Å². The second-order valence-electron chi connectivity index (χ2n) is 4.39. The second-order valence-corrected chi connectivity index (χ2v) is 4.39. The van der Waals surface area contributed by atoms with E-state index in [4.69, 9.17) is 9.63 Å². The first-order valence-corrected chi connectivity index (χ1v) is 5.47. The van der Waals surface area contributed by atoms with Gasteiger partial charge in [-0.05, 0) is 19.3 Å². The maximum absolute atomic E-state index is 12.1. The standard InChI is InChI=1S/C10H11F3N2O3/c11-10(12,13)4-7-14-8(18-15-7)5-1-2-6(3-5)9(16)17/h5-6H,1-4H2,(H,16,17). The molecule has 0 aliphatic heterocycles. The number of carbonyl (C=O) groups is 1. The second kappa shape index (κ2) is 4.58. The van der Waals surface area contributed by atoms with Crippen molar-refractivity contribution in [2.24, 2.45) is 5.92 Å². The van der Waals surface area contributed by atoms with Crippen molar-refractivity contribution in [1.29, 1.82) is 0 Å². The van der Waals surface area contributed by atoms with Crippen molar-refractivity contribution >= 4 is 5.97 Å². The lowest BCUT2D eigenvalue weighted by Gasteiger charge is -2.03. The van der Waals surface area contributed by atoms with Crippen molar-refractivity contribution in [3.8, 4) is 0 Å². The molecular formula is C10H11F3N2O3. The quantitative estimate of drug-likeness (QED) is 0.905. The van der Waals surface area contributed by atoms with Gasteiger partial charge in [0.1, 0.15) is 6.42 Å². The van der Waals surface area contributed by atoms with Gasteiger partial charge in [-0.1, -0.05) is 5.16 Å². The average molecular weight is 264 g/mol. The van der Waals surface area contributed by atoms with Gasteiger partial charge in [-0.3, -0.25) is 4.79 Å². The molecule has 100 valence electrons. The Hall–Kier alpha value is -1.60. The number of hydrogen-bond donors (Lipinski definition) is 1. The summed E-state index contributed by atoms with van der Waals surface area (Å²) in [4.78, 5) is 14.4. The third-order valence-electron chi connectivity index (χ3n) is 2.97. The number of carboxylic acids is 1. The van der Waals surface area contributed by atoms with Gasteiger partial charge in [-0.15, -0.1) is 0 Å². The molecule has 2 rings (SSSR count). The highest BCUT2D eigenvalue weighted by Crippen LogP contribution is 2.37. The summed E-state index contributed by atoms with van der Waals surface area (Å²) in [7, 11) is 0. The van der Waals surface area contributed by atoms with Gasteiger partial charge in [0, 0.05) is 5.92 Å². The Bertz CT molecular complexity index is 444. The van der Waals surface area contributed by atoms with E-state index in [0.717, 1.165) is 0 Å². The number of aliphatic carboxylic acids is 1. The topological polar surface area (TPSA) is 76.2 Å². The van der Waals surface area contributed by atoms with Gasteiger partial charge in [-0.25, -0.2) is 0 Å². The number of halogens is 3. The molecule has 1 fully saturated rings. The van der Waals surface area contributed by atoms with Gasteiger partial charge in [0.2, 0.25) is 5.89 Å². The Morgan fingerprint density at radius 1 is 1.44 bits per heavy atom. The molecule has 8 heteroatoms. The van der Waals surface area contributed by atoms with Crippen LogP contribution in [0.3, 0.4) is 0 Å². The van der Waals surface area contributed by atoms with Crippen molar-refractivity contribution in [3.05, 3.63) is 11.7 Å². The van der Waals surface area contributed by atoms with Crippen molar-refractivity contribution < 1.29 is 27.6 Å². The summed E-state index contributed by atoms with van der Waals surface area (Å²) < 4.78 is 41.1. The zero-order chi connectivity index (χ0) is 13.3. The fourth-order valence-electron chi connectivity index (χ4n) is 2.11. The van der Waals surface area contributed by atoms with Crippen LogP contribution in [0.25, 0.3) is 0 Å². The highest BCUT2D eigenvalue weighted by atomic mass is 19.4. The Balaban J connectivity index is 2.01. The molecule has 0 aromatic carbocycles. The van der Waals surface area contributed by atoms with E-state index in [-0.39, 0.29) is 11.8 Å². The van der Waals surface area contributed by atoms with Crippen LogP contribution in [-0.2, 0) is 11.2 Å². The summed E-state index contributed by atoms with van der Waals surface area (Å²) in [6, 6.07) is 0. The van der Waals surface area contributed by atoms with E-state index in [2.05, 4.69) is 10.1 Å². The van der Waals surface area contributed by atoms with Crippen LogP contribution >= 0.6 is 0 Å². The normalized spacial score (nSPS) is 24.4. The van der Waals surface area contributed by atoms with Crippen molar-refractivity contribution in [1.82, 2.24) is 10.1 Å². The molecule has 1 heterocycles. The third kappa shape index (κ3) is 2.99. The van der Waals surface area contributed by atoms with Gasteiger partial charge < -0.3 is 9.63 Å². The molecule has 0 bridgehead atoms. The molecule has 1 N–H and O–H groups in total. The monoisotopic (exact) mass is 264 g/mol. The minimum absolute atomic E-state index is 0.109. The molecule has 2 unspecified atom stereocenters. The van der Waals surface area contributed by atoms with Gasteiger partial charge in [0.15, 0.2) is 5.82 Å². The number of alkyl halides is 3. The number of nitrogens with zero attached hydrogens (tertiary/aromatic N) is 2. The van der Waals surface area contributed by atoms with Gasteiger partial charge >= 0.3 is 12.1 Å². The Labute approximate surface area is 100.0 Å². The molecule has 0 radical (unpaired) electrons. The van der Waals surface area contributed by atoms with Crippen LogP contribution in [0.1, 0.15) is 36.9 Å². The maximum Gasteiger partial charge on any atom is 0.396 e. The van der Waals surface area contributed by atoms with Crippen LogP contribution < -0.4 is 0 Å². The lowest BCUT2D eigenvalue weighted by atomic mass is 10.1. The molecule has 1 saturated carbocycles. The summed E-state index contributed by atoms with van der Waals surface area (Å²) in [6.45, 7) is 0. The van der Waals surface area contributed by atoms with Crippen LogP contribution in [0.2, 0.25) is 0 Å². The Kier molecular flexibility index (Phi) is 3.27. The Morgan fingerprint density at radius 2 is 2.17 bits per heavy atom. The van der Waals surface area contributed by atoms with Crippen LogP contribution in [0, 0.1) is 5.92 Å². The molecular weight excluding hydrogens is 253 g/mol. The van der Waals surface area contributed by atoms with Crippen LogP contribution in [0.4, 0.5) is 13.2 Å². The van der Waals surface area contributed by atoms with Crippen LogP contribution in [0.5, 0.6) is 0 Å². The van der Waals surface area contributed by atoms with Crippen molar-refractivity contribution in [2.45, 2.75) is 37.8 Å². The van der Waals surface area contributed by atoms with E-state index >= 15 is 0 Å². The van der Waals surface area contributed by atoms with E-state index in [1.807, 2.05) is 0 Å². The molecule has 0 saturated heterocycles. The predicted octanol–water partition coefficient (Wildman–Crippen LogP) is 2.14. The largest absolute Gasteiger partial charge is 0.481 e. The minimum atomic E-state index is -4.37. The number of aromatic nitrogens is 2. The van der Waals surface area contributed by atoms with Crippen LogP contribution in [-0.4, -0.2) is 27.4 Å². The third-order valence-corrected chi connectivity index (χ3v) is 2.97. The highest BCUT2D eigenvalue weighted by Gasteiger charge is 2.35. The summed E-state index contributed by atoms with van der Waals surface area (Å²) >= 11 is 0. The summed E-state index contributed by atoms with van der Waals surface area (Å²) in [6.07, 6.45) is -4.24. The van der Waals surface area contributed by atoms with Crippen molar-refractivity contribution in [2.75, 3.05) is 0 Å². The van der Waals surface area contributed by atoms with Gasteiger partial charge in [-0.2, -0.15) is 18.2 Å². The summed E-state index contributed by atoms with van der Waals surface area (Å²) in [5.74, 6) is -1.92. The molecule has 1 aromatic rings. The minimum Gasteiger partial charge on any atom is -0.481 e. The highest BCUT2D eigenvalue weighted by molar-refractivity contribution is 5.70. The lowest BCUT2D eigenvalue weighted by Crippen LogP contribution is -2.12. The molecule has 18 heavy (non-hydrogen) atoms. The first-order valence-electron chi connectivity index (χ1n) is 5.47. The summed E-state index contributed by atoms with van der Waals surface area (Å²) in [5, 5.41) is 12.1. The SMILES string of the molecule is O=C(O)C1CCC(c2nc(CC(F)(F)F)no2)C1. The molecule has 5 nitrogen and oxygen atoms in total. The van der Waals surface area contributed by atoms with Gasteiger partial charge in [0.05, 0.1) is 5.92 Å². The van der Waals surface area contributed by atoms with E-state index in [1.54, 1.807) is 0 Å². The fourth-order valence-corrected chi connectivity index (χ4v) is 2.11. The number of hydrogen-bond acceptors (Lipinski definition) is 4. The zero-order valence-electron chi connectivity index (χ0n) is 9.28. The molecule has 0 amide bonds.